The van der Waals surface area contributed by atoms with E-state index in [0.29, 0.717) is 12.1 Å². The maximum absolute atomic E-state index is 12.2. The van der Waals surface area contributed by atoms with Crippen molar-refractivity contribution >= 4 is 21.9 Å². The summed E-state index contributed by atoms with van der Waals surface area (Å²) in [6.07, 6.45) is 3.81. The molecule has 0 aliphatic carbocycles. The van der Waals surface area contributed by atoms with Gasteiger partial charge in [0.2, 0.25) is 10.0 Å². The number of hydrogen-bond acceptors (Lipinski definition) is 6. The number of nitriles is 1. The van der Waals surface area contributed by atoms with Crippen LogP contribution < -0.4 is 4.72 Å². The predicted octanol–water partition coefficient (Wildman–Crippen LogP) is 1.17. The Morgan fingerprint density at radius 3 is 2.63 bits per heavy atom. The van der Waals surface area contributed by atoms with E-state index in [2.05, 4.69) is 4.72 Å². The van der Waals surface area contributed by atoms with Crippen molar-refractivity contribution in [3.05, 3.63) is 29.8 Å². The van der Waals surface area contributed by atoms with Crippen LogP contribution in [0.4, 0.5) is 0 Å². The lowest BCUT2D eigenvalue weighted by molar-refractivity contribution is -0.152. The summed E-state index contributed by atoms with van der Waals surface area (Å²) in [5.41, 5.74) is 0.329. The second kappa shape index (κ2) is 9.48. The lowest BCUT2D eigenvalue weighted by Crippen LogP contribution is -2.45. The van der Waals surface area contributed by atoms with Crippen molar-refractivity contribution in [3.63, 3.8) is 0 Å². The zero-order valence-corrected chi connectivity index (χ0v) is 16.0. The molecule has 1 fully saturated rings. The third kappa shape index (κ3) is 5.77. The maximum atomic E-state index is 12.2. The number of ether oxygens (including phenoxy) is 1. The number of rotatable bonds is 7. The number of hydrogen-bond donors (Lipinski definition) is 1. The third-order valence-corrected chi connectivity index (χ3v) is 5.89. The molecule has 1 N–H and O–H groups in total. The highest BCUT2D eigenvalue weighted by Gasteiger charge is 2.26. The van der Waals surface area contributed by atoms with Gasteiger partial charge in [0.05, 0.1) is 16.5 Å². The van der Waals surface area contributed by atoms with Gasteiger partial charge in [-0.1, -0.05) is 6.92 Å². The molecule has 146 valence electrons. The van der Waals surface area contributed by atoms with Gasteiger partial charge in [0.15, 0.2) is 6.61 Å². The molecule has 1 aliphatic heterocycles. The molecule has 1 atom stereocenters. The highest BCUT2D eigenvalue weighted by molar-refractivity contribution is 7.89. The van der Waals surface area contributed by atoms with E-state index in [-0.39, 0.29) is 16.8 Å². The zero-order valence-electron chi connectivity index (χ0n) is 15.2. The van der Waals surface area contributed by atoms with Gasteiger partial charge in [-0.15, -0.1) is 0 Å². The van der Waals surface area contributed by atoms with Gasteiger partial charge in [0, 0.05) is 12.6 Å². The summed E-state index contributed by atoms with van der Waals surface area (Å²) in [5.74, 6) is -1.09. The molecule has 0 aromatic heterocycles. The average molecular weight is 393 g/mol. The van der Waals surface area contributed by atoms with Crippen LogP contribution in [0.3, 0.4) is 0 Å². The molecule has 0 radical (unpaired) electrons. The molecule has 0 unspecified atom stereocenters. The van der Waals surface area contributed by atoms with Gasteiger partial charge in [0.1, 0.15) is 6.54 Å². The second-order valence-electron chi connectivity index (χ2n) is 6.27. The average Bonchev–Trinajstić information content (AvgIpc) is 2.70. The summed E-state index contributed by atoms with van der Waals surface area (Å²) in [4.78, 5) is 25.7. The number of carbonyl (C=O) groups is 2. The third-order valence-electron chi connectivity index (χ3n) is 4.48. The van der Waals surface area contributed by atoms with Crippen LogP contribution in [0, 0.1) is 11.3 Å². The van der Waals surface area contributed by atoms with Gasteiger partial charge in [-0.2, -0.15) is 9.98 Å². The summed E-state index contributed by atoms with van der Waals surface area (Å²) in [5, 5.41) is 8.73. The number of esters is 1. The Bertz CT molecular complexity index is 814. The molecule has 0 bridgehead atoms. The lowest BCUT2D eigenvalue weighted by atomic mass is 10.00. The topological polar surface area (TPSA) is 117 Å². The van der Waals surface area contributed by atoms with E-state index in [1.165, 1.54) is 24.3 Å². The van der Waals surface area contributed by atoms with Crippen molar-refractivity contribution in [2.75, 3.05) is 19.7 Å². The van der Waals surface area contributed by atoms with E-state index >= 15 is 0 Å². The van der Waals surface area contributed by atoms with Gasteiger partial charge in [-0.05, 0) is 49.9 Å². The largest absolute Gasteiger partial charge is 0.455 e. The van der Waals surface area contributed by atoms with E-state index in [9.17, 15) is 18.0 Å². The van der Waals surface area contributed by atoms with Crippen molar-refractivity contribution in [2.24, 2.45) is 0 Å². The van der Waals surface area contributed by atoms with E-state index in [4.69, 9.17) is 10.00 Å². The summed E-state index contributed by atoms with van der Waals surface area (Å²) in [6.45, 7) is 1.70. The Morgan fingerprint density at radius 1 is 1.30 bits per heavy atom. The monoisotopic (exact) mass is 393 g/mol. The molecule has 0 saturated carbocycles. The molecule has 8 nitrogen and oxygen atoms in total. The molecule has 1 saturated heterocycles. The molecule has 1 aromatic carbocycles. The minimum Gasteiger partial charge on any atom is -0.455 e. The Balaban J connectivity index is 1.83. The van der Waals surface area contributed by atoms with Crippen LogP contribution in [0.15, 0.2) is 29.2 Å². The SMILES string of the molecule is CC[C@@H]1CCCCN1C(=O)COC(=O)CNS(=O)(=O)c1ccc(C#N)cc1. The molecular weight excluding hydrogens is 370 g/mol. The molecule has 1 aliphatic rings. The second-order valence-corrected chi connectivity index (χ2v) is 8.03. The highest BCUT2D eigenvalue weighted by Crippen LogP contribution is 2.19. The van der Waals surface area contributed by atoms with Crippen LogP contribution in [0.5, 0.6) is 0 Å². The van der Waals surface area contributed by atoms with Crippen LogP contribution in [0.2, 0.25) is 0 Å². The first-order valence-corrected chi connectivity index (χ1v) is 10.3. The summed E-state index contributed by atoms with van der Waals surface area (Å²) in [6, 6.07) is 7.35. The van der Waals surface area contributed by atoms with Crippen molar-refractivity contribution < 1.29 is 22.7 Å². The Kier molecular flexibility index (Phi) is 7.33. The van der Waals surface area contributed by atoms with E-state index in [1.807, 2.05) is 13.0 Å². The number of nitrogens with one attached hydrogen (secondary N) is 1. The Hall–Kier alpha value is -2.44. The fourth-order valence-electron chi connectivity index (χ4n) is 2.98. The van der Waals surface area contributed by atoms with Gasteiger partial charge in [0.25, 0.3) is 5.91 Å². The van der Waals surface area contributed by atoms with Crippen LogP contribution in [0.25, 0.3) is 0 Å². The van der Waals surface area contributed by atoms with Gasteiger partial charge in [-0.25, -0.2) is 8.42 Å². The van der Waals surface area contributed by atoms with Crippen LogP contribution in [0.1, 0.15) is 38.2 Å². The highest BCUT2D eigenvalue weighted by atomic mass is 32.2. The minimum absolute atomic E-state index is 0.0653. The number of likely N-dealkylation sites (tertiary alicyclic amines) is 1. The molecule has 1 amide bonds. The van der Waals surface area contributed by atoms with E-state index in [1.54, 1.807) is 4.90 Å². The number of carbonyl (C=O) groups excluding carboxylic acids is 2. The number of amides is 1. The van der Waals surface area contributed by atoms with Gasteiger partial charge < -0.3 is 9.64 Å². The molecule has 27 heavy (non-hydrogen) atoms. The normalized spacial score (nSPS) is 17.2. The molecule has 9 heteroatoms. The van der Waals surface area contributed by atoms with Crippen molar-refractivity contribution in [2.45, 2.75) is 43.5 Å². The first-order valence-electron chi connectivity index (χ1n) is 8.82. The quantitative estimate of drug-likeness (QED) is 0.695. The number of piperidine rings is 1. The molecule has 1 aromatic rings. The number of nitrogens with zero attached hydrogens (tertiary/aromatic N) is 2. The number of sulfonamides is 1. The Morgan fingerprint density at radius 2 is 2.00 bits per heavy atom. The summed E-state index contributed by atoms with van der Waals surface area (Å²) < 4.78 is 31.3. The van der Waals surface area contributed by atoms with Crippen molar-refractivity contribution in [1.82, 2.24) is 9.62 Å². The maximum Gasteiger partial charge on any atom is 0.321 e. The fourth-order valence-corrected chi connectivity index (χ4v) is 3.94. The molecular formula is C18H23N3O5S. The lowest BCUT2D eigenvalue weighted by Gasteiger charge is -2.35. The minimum atomic E-state index is -3.91. The smallest absolute Gasteiger partial charge is 0.321 e. The van der Waals surface area contributed by atoms with E-state index < -0.39 is 29.1 Å². The van der Waals surface area contributed by atoms with Crippen molar-refractivity contribution in [3.8, 4) is 6.07 Å². The Labute approximate surface area is 159 Å². The standard InChI is InChI=1S/C18H23N3O5S/c1-2-15-5-3-4-10-21(15)17(22)13-26-18(23)12-20-27(24,25)16-8-6-14(11-19)7-9-16/h6-9,15,20H,2-5,10,12-13H2,1H3/t15-/m1/s1. The van der Waals surface area contributed by atoms with Gasteiger partial charge >= 0.3 is 5.97 Å². The first kappa shape index (κ1) is 20.9. The summed E-state index contributed by atoms with van der Waals surface area (Å²) >= 11 is 0. The molecule has 0 spiro atoms. The zero-order chi connectivity index (χ0) is 19.9. The molecule has 2 rings (SSSR count). The van der Waals surface area contributed by atoms with Crippen LogP contribution in [-0.4, -0.2) is 50.9 Å². The summed E-state index contributed by atoms with van der Waals surface area (Å²) in [7, 11) is -3.91. The van der Waals surface area contributed by atoms with E-state index in [0.717, 1.165) is 25.7 Å². The molecule has 1 heterocycles. The van der Waals surface area contributed by atoms with Crippen LogP contribution >= 0.6 is 0 Å². The van der Waals surface area contributed by atoms with Gasteiger partial charge in [-0.3, -0.25) is 9.59 Å². The van der Waals surface area contributed by atoms with Crippen molar-refractivity contribution in [1.29, 1.82) is 5.26 Å². The first-order chi connectivity index (χ1) is 12.9. The fraction of sp³-hybridized carbons (Fsp3) is 0.500. The van der Waals surface area contributed by atoms with Crippen LogP contribution in [-0.2, 0) is 24.3 Å². The predicted molar refractivity (Wildman–Crippen MR) is 96.9 cm³/mol. The number of benzene rings is 1.